The van der Waals surface area contributed by atoms with Crippen molar-refractivity contribution in [2.45, 2.75) is 9.79 Å². The van der Waals surface area contributed by atoms with Crippen LogP contribution in [0.4, 0.5) is 5.69 Å². The Morgan fingerprint density at radius 3 is 2.14 bits per heavy atom. The third-order valence-corrected chi connectivity index (χ3v) is 7.26. The van der Waals surface area contributed by atoms with Crippen molar-refractivity contribution in [1.29, 1.82) is 5.41 Å². The molecule has 1 aliphatic heterocycles. The summed E-state index contributed by atoms with van der Waals surface area (Å²) in [4.78, 5) is 22.0. The lowest BCUT2D eigenvalue weighted by atomic mass is 9.89. The molecule has 15 heteroatoms. The molecule has 0 bridgehead atoms. The Labute approximate surface area is 202 Å². The molecule has 2 aromatic rings. The van der Waals surface area contributed by atoms with Gasteiger partial charge >= 0.3 is 5.97 Å². The molecule has 0 unspecified atom stereocenters. The number of primary amides is 1. The monoisotopic (exact) mass is 532 g/mol. The number of nitrogens with two attached hydrogens (primary N) is 3. The summed E-state index contributed by atoms with van der Waals surface area (Å²) in [5.41, 5.74) is 9.32. The highest BCUT2D eigenvalue weighted by Crippen LogP contribution is 2.45. The fourth-order valence-electron chi connectivity index (χ4n) is 3.92. The summed E-state index contributed by atoms with van der Waals surface area (Å²) in [5, 5.41) is 22.4. The molecule has 0 saturated heterocycles. The van der Waals surface area contributed by atoms with Gasteiger partial charge in [0.2, 0.25) is 15.9 Å². The molecule has 2 aliphatic rings. The van der Waals surface area contributed by atoms with Crippen molar-refractivity contribution in [2.75, 3.05) is 5.73 Å². The molecule has 1 heterocycles. The lowest BCUT2D eigenvalue weighted by molar-refractivity contribution is 0.0697. The molecule has 0 aromatic heterocycles. The molecule has 1 amide bonds. The third kappa shape index (κ3) is 3.95. The normalized spacial score (nSPS) is 12.2. The van der Waals surface area contributed by atoms with Gasteiger partial charge < -0.3 is 21.0 Å². The van der Waals surface area contributed by atoms with Crippen LogP contribution in [-0.4, -0.2) is 38.4 Å². The lowest BCUT2D eigenvalue weighted by Gasteiger charge is -2.20. The van der Waals surface area contributed by atoms with E-state index < -0.39 is 64.1 Å². The van der Waals surface area contributed by atoms with Crippen LogP contribution in [0, 0.1) is 5.41 Å². The molecule has 4 rings (SSSR count). The van der Waals surface area contributed by atoms with Crippen molar-refractivity contribution < 1.29 is 40.5 Å². The number of carbonyl (C=O) groups is 2. The number of primary sulfonamides is 1. The quantitative estimate of drug-likeness (QED) is 0.120. The van der Waals surface area contributed by atoms with E-state index in [-0.39, 0.29) is 33.3 Å². The number of nitrogen functional groups attached to an aromatic ring is 1. The van der Waals surface area contributed by atoms with Crippen LogP contribution in [0.1, 0.15) is 20.7 Å². The van der Waals surface area contributed by atoms with E-state index in [1.165, 1.54) is 30.3 Å². The van der Waals surface area contributed by atoms with Gasteiger partial charge in [-0.1, -0.05) is 6.07 Å². The van der Waals surface area contributed by atoms with Gasteiger partial charge in [0.1, 0.15) is 4.90 Å². The maximum atomic E-state index is 12.4. The second-order valence-electron chi connectivity index (χ2n) is 7.61. The van der Waals surface area contributed by atoms with E-state index in [1.54, 1.807) is 0 Å². The average molecular weight is 533 g/mol. The molecular formula is C21H16N4O9S2. The van der Waals surface area contributed by atoms with Crippen molar-refractivity contribution in [3.8, 4) is 22.5 Å². The summed E-state index contributed by atoms with van der Waals surface area (Å²) < 4.78 is 64.5. The number of carboxylic acids is 1. The zero-order chi connectivity index (χ0) is 26.7. The Hall–Kier alpha value is -4.31. The Morgan fingerprint density at radius 2 is 1.58 bits per heavy atom. The van der Waals surface area contributed by atoms with Crippen LogP contribution in [0.15, 0.2) is 56.7 Å². The highest BCUT2D eigenvalue weighted by Gasteiger charge is 2.31. The Bertz CT molecular complexity index is 1880. The first-order valence-corrected chi connectivity index (χ1v) is 12.7. The van der Waals surface area contributed by atoms with Gasteiger partial charge in [-0.25, -0.2) is 18.4 Å². The van der Waals surface area contributed by atoms with E-state index in [1.807, 2.05) is 0 Å². The summed E-state index contributed by atoms with van der Waals surface area (Å²) in [6, 6.07) is 8.14. The van der Waals surface area contributed by atoms with Crippen LogP contribution in [0.5, 0.6) is 0 Å². The number of carboxylic acid groups (broad SMARTS) is 1. The number of sulfonamides is 1. The number of benzene rings is 3. The van der Waals surface area contributed by atoms with Gasteiger partial charge in [0.25, 0.3) is 10.1 Å². The smallest absolute Gasteiger partial charge is 0.336 e. The molecule has 9 N–H and O–H groups in total. The molecule has 2 aromatic carbocycles. The number of nitrogens with one attached hydrogen (secondary N) is 1. The minimum absolute atomic E-state index is 0.0472. The number of hydrogen-bond acceptors (Lipinski definition) is 9. The molecule has 0 radical (unpaired) electrons. The fourth-order valence-corrected chi connectivity index (χ4v) is 5.45. The molecule has 13 nitrogen and oxygen atoms in total. The molecular weight excluding hydrogens is 516 g/mol. The minimum Gasteiger partial charge on any atom is -0.478 e. The molecule has 0 fully saturated rings. The van der Waals surface area contributed by atoms with E-state index in [9.17, 15) is 36.1 Å². The standard InChI is InChI=1S/C21H16N4O9S2/c22-13-5-3-10-15(9-2-1-8(20(24)26)7-12(9)21(27)28)11-4-6-14(23)19(36(31,32)33)17(11)34-16(10)18(13)35(25,29)30/h1-7,23H,22H2,(H2,24,26)(H,27,28)(H2,25,29,30)(H,31,32,33). The summed E-state index contributed by atoms with van der Waals surface area (Å²) in [7, 11) is -9.69. The maximum Gasteiger partial charge on any atom is 0.336 e. The molecule has 1 aliphatic carbocycles. The van der Waals surface area contributed by atoms with Crippen LogP contribution >= 0.6 is 0 Å². The van der Waals surface area contributed by atoms with Crippen LogP contribution in [0.2, 0.25) is 0 Å². The van der Waals surface area contributed by atoms with Crippen LogP contribution in [0.3, 0.4) is 0 Å². The Kier molecular flexibility index (Phi) is 5.60. The molecule has 0 saturated carbocycles. The number of fused-ring (bicyclic) bond motifs is 2. The maximum absolute atomic E-state index is 12.4. The van der Waals surface area contributed by atoms with Gasteiger partial charge in [0.05, 0.1) is 16.6 Å². The van der Waals surface area contributed by atoms with E-state index >= 15 is 0 Å². The first-order chi connectivity index (χ1) is 16.6. The highest BCUT2D eigenvalue weighted by molar-refractivity contribution is 7.89. The number of rotatable bonds is 5. The zero-order valence-electron chi connectivity index (χ0n) is 17.8. The van der Waals surface area contributed by atoms with Crippen molar-refractivity contribution in [3.63, 3.8) is 0 Å². The first kappa shape index (κ1) is 24.8. The lowest BCUT2D eigenvalue weighted by Crippen LogP contribution is -2.18. The largest absolute Gasteiger partial charge is 0.478 e. The number of hydrogen-bond donors (Lipinski definition) is 6. The van der Waals surface area contributed by atoms with Crippen molar-refractivity contribution in [1.82, 2.24) is 0 Å². The second-order valence-corrected chi connectivity index (χ2v) is 10.5. The Balaban J connectivity index is 2.37. The first-order valence-electron chi connectivity index (χ1n) is 9.67. The van der Waals surface area contributed by atoms with Crippen molar-refractivity contribution in [3.05, 3.63) is 58.9 Å². The summed E-state index contributed by atoms with van der Waals surface area (Å²) in [6.45, 7) is 0. The Morgan fingerprint density at radius 1 is 0.944 bits per heavy atom. The van der Waals surface area contributed by atoms with Crippen LogP contribution in [0.25, 0.3) is 33.4 Å². The summed E-state index contributed by atoms with van der Waals surface area (Å²) >= 11 is 0. The summed E-state index contributed by atoms with van der Waals surface area (Å²) in [6.07, 6.45) is 0. The van der Waals surface area contributed by atoms with E-state index in [0.717, 1.165) is 12.1 Å². The van der Waals surface area contributed by atoms with E-state index in [0.29, 0.717) is 0 Å². The van der Waals surface area contributed by atoms with E-state index in [2.05, 4.69) is 0 Å². The molecule has 0 spiro atoms. The summed E-state index contributed by atoms with van der Waals surface area (Å²) in [5.74, 6) is -3.07. The fraction of sp³-hybridized carbons (Fsp3) is 0. The SMILES string of the molecule is N=c1ccc2c(-c3ccc(C(N)=O)cc3C(=O)O)c3ccc(N)c(S(N)(=O)=O)c3oc-2c1S(=O)(=O)O. The topological polar surface area (TPSA) is 258 Å². The molecule has 36 heavy (non-hydrogen) atoms. The predicted octanol–water partition coefficient (Wildman–Crippen LogP) is 0.957. The second kappa shape index (κ2) is 8.13. The zero-order valence-corrected chi connectivity index (χ0v) is 19.5. The third-order valence-electron chi connectivity index (χ3n) is 5.34. The highest BCUT2D eigenvalue weighted by atomic mass is 32.2. The van der Waals surface area contributed by atoms with E-state index in [4.69, 9.17) is 26.4 Å². The van der Waals surface area contributed by atoms with Gasteiger partial charge in [-0.2, -0.15) is 8.42 Å². The van der Waals surface area contributed by atoms with Crippen LogP contribution in [-0.2, 0) is 20.1 Å². The van der Waals surface area contributed by atoms with Gasteiger partial charge in [-0.3, -0.25) is 14.8 Å². The van der Waals surface area contributed by atoms with Crippen molar-refractivity contribution in [2.24, 2.45) is 10.9 Å². The molecule has 186 valence electrons. The van der Waals surface area contributed by atoms with Crippen molar-refractivity contribution >= 4 is 48.7 Å². The van der Waals surface area contributed by atoms with Crippen LogP contribution < -0.4 is 22.0 Å². The number of aromatic carboxylic acids is 1. The van der Waals surface area contributed by atoms with Gasteiger partial charge in [-0.05, 0) is 42.0 Å². The van der Waals surface area contributed by atoms with Gasteiger partial charge in [-0.15, -0.1) is 0 Å². The van der Waals surface area contributed by atoms with Gasteiger partial charge in [0, 0.05) is 22.1 Å². The number of carbonyl (C=O) groups excluding carboxylic acids is 1. The number of anilines is 1. The minimum atomic E-state index is -5.10. The molecule has 0 atom stereocenters. The van der Waals surface area contributed by atoms with Gasteiger partial charge in [0.15, 0.2) is 16.2 Å². The average Bonchev–Trinajstić information content (AvgIpc) is 2.74. The number of amides is 1. The predicted molar refractivity (Wildman–Crippen MR) is 125 cm³/mol.